The zero-order valence-corrected chi connectivity index (χ0v) is 17.9. The highest BCUT2D eigenvalue weighted by Crippen LogP contribution is 2.38. The van der Waals surface area contributed by atoms with Crippen LogP contribution in [0.2, 0.25) is 5.02 Å². The van der Waals surface area contributed by atoms with Gasteiger partial charge in [0, 0.05) is 16.5 Å². The van der Waals surface area contributed by atoms with Gasteiger partial charge < -0.3 is 4.90 Å². The third-order valence-corrected chi connectivity index (χ3v) is 8.17. The second-order valence-electron chi connectivity index (χ2n) is 7.31. The Bertz CT molecular complexity index is 1070. The lowest BCUT2D eigenvalue weighted by Crippen LogP contribution is -2.39. The fourth-order valence-electron chi connectivity index (χ4n) is 3.67. The van der Waals surface area contributed by atoms with Gasteiger partial charge in [-0.2, -0.15) is 0 Å². The molecular formula is C20H20ClFN2O2S2. The highest BCUT2D eigenvalue weighted by atomic mass is 35.5. The number of anilines is 1. The molecule has 2 aliphatic rings. The van der Waals surface area contributed by atoms with Crippen LogP contribution in [0.3, 0.4) is 0 Å². The molecule has 0 amide bonds. The molecule has 0 saturated carbocycles. The zero-order valence-electron chi connectivity index (χ0n) is 15.5. The normalized spacial score (nSPS) is 23.0. The minimum Gasteiger partial charge on any atom is -0.315 e. The van der Waals surface area contributed by atoms with Crippen molar-refractivity contribution >= 4 is 44.1 Å². The van der Waals surface area contributed by atoms with Crippen molar-refractivity contribution < 1.29 is 12.8 Å². The number of sulfone groups is 1. The van der Waals surface area contributed by atoms with Gasteiger partial charge in [0.05, 0.1) is 23.6 Å². The molecular weight excluding hydrogens is 419 g/mol. The number of fused-ring (bicyclic) bond motifs is 1. The summed E-state index contributed by atoms with van der Waals surface area (Å²) in [5.74, 6) is 0.357. The molecule has 4 rings (SSSR count). The Labute approximate surface area is 173 Å². The molecule has 0 spiro atoms. The topological polar surface area (TPSA) is 49.7 Å². The van der Waals surface area contributed by atoms with E-state index in [1.165, 1.54) is 23.9 Å². The fraction of sp³-hybridized carbons (Fsp3) is 0.350. The van der Waals surface area contributed by atoms with E-state index in [9.17, 15) is 12.8 Å². The van der Waals surface area contributed by atoms with Crippen LogP contribution < -0.4 is 4.90 Å². The van der Waals surface area contributed by atoms with Gasteiger partial charge in [0.1, 0.15) is 5.82 Å². The van der Waals surface area contributed by atoms with E-state index in [1.54, 1.807) is 6.07 Å². The lowest BCUT2D eigenvalue weighted by molar-refractivity contribution is 0.601. The molecule has 148 valence electrons. The van der Waals surface area contributed by atoms with Crippen molar-refractivity contribution in [2.24, 2.45) is 4.99 Å². The predicted octanol–water partition coefficient (Wildman–Crippen LogP) is 4.37. The first-order valence-electron chi connectivity index (χ1n) is 8.95. The molecule has 28 heavy (non-hydrogen) atoms. The average Bonchev–Trinajstić information content (AvgIpc) is 3.07. The molecule has 0 bridgehead atoms. The van der Waals surface area contributed by atoms with Crippen molar-refractivity contribution in [2.75, 3.05) is 16.4 Å². The largest absolute Gasteiger partial charge is 0.315 e. The molecule has 8 heteroatoms. The SMILES string of the molecule is Cc1ccc(C)c(N2C(SCc3ccc(F)cc3Cl)=N[C@H]3CS(=O)(=O)C[C@@H]32)c1. The first-order chi connectivity index (χ1) is 13.2. The van der Waals surface area contributed by atoms with Crippen LogP contribution in [0.5, 0.6) is 0 Å². The predicted molar refractivity (Wildman–Crippen MR) is 115 cm³/mol. The lowest BCUT2D eigenvalue weighted by Gasteiger charge is -2.28. The fourth-order valence-corrected chi connectivity index (χ4v) is 6.95. The summed E-state index contributed by atoms with van der Waals surface area (Å²) < 4.78 is 37.7. The van der Waals surface area contributed by atoms with E-state index >= 15 is 0 Å². The van der Waals surface area contributed by atoms with E-state index in [2.05, 4.69) is 11.0 Å². The molecule has 2 atom stereocenters. The van der Waals surface area contributed by atoms with Gasteiger partial charge in [-0.25, -0.2) is 12.8 Å². The van der Waals surface area contributed by atoms with Crippen LogP contribution >= 0.6 is 23.4 Å². The van der Waals surface area contributed by atoms with Crippen molar-refractivity contribution in [1.82, 2.24) is 0 Å². The number of nitrogens with zero attached hydrogens (tertiary/aromatic N) is 2. The highest BCUT2D eigenvalue weighted by molar-refractivity contribution is 8.13. The monoisotopic (exact) mass is 438 g/mol. The number of benzene rings is 2. The van der Waals surface area contributed by atoms with Gasteiger partial charge >= 0.3 is 0 Å². The maximum Gasteiger partial charge on any atom is 0.164 e. The summed E-state index contributed by atoms with van der Waals surface area (Å²) in [5.41, 5.74) is 3.99. The van der Waals surface area contributed by atoms with E-state index in [0.29, 0.717) is 10.8 Å². The van der Waals surface area contributed by atoms with E-state index in [0.717, 1.165) is 27.5 Å². The van der Waals surface area contributed by atoms with Crippen LogP contribution in [-0.4, -0.2) is 37.2 Å². The quantitative estimate of drug-likeness (QED) is 0.713. The number of aliphatic imine (C=N–C) groups is 1. The number of thioether (sulfide) groups is 1. The van der Waals surface area contributed by atoms with Crippen molar-refractivity contribution in [3.63, 3.8) is 0 Å². The Hall–Kier alpha value is -1.57. The van der Waals surface area contributed by atoms with Crippen LogP contribution in [-0.2, 0) is 15.6 Å². The van der Waals surface area contributed by atoms with Crippen LogP contribution in [0.1, 0.15) is 16.7 Å². The molecule has 1 fully saturated rings. The minimum atomic E-state index is -3.09. The van der Waals surface area contributed by atoms with Gasteiger partial charge in [-0.15, -0.1) is 0 Å². The first kappa shape index (κ1) is 19.7. The second kappa shape index (κ2) is 7.35. The Balaban J connectivity index is 1.66. The van der Waals surface area contributed by atoms with E-state index in [-0.39, 0.29) is 29.4 Å². The van der Waals surface area contributed by atoms with E-state index in [1.807, 2.05) is 26.0 Å². The molecule has 0 aromatic heterocycles. The molecule has 2 aromatic carbocycles. The van der Waals surface area contributed by atoms with Crippen molar-refractivity contribution in [2.45, 2.75) is 31.7 Å². The molecule has 0 unspecified atom stereocenters. The van der Waals surface area contributed by atoms with Gasteiger partial charge in [0.15, 0.2) is 15.0 Å². The minimum absolute atomic E-state index is 0.0837. The Morgan fingerprint density at radius 3 is 2.75 bits per heavy atom. The summed E-state index contributed by atoms with van der Waals surface area (Å²) in [6.45, 7) is 4.04. The zero-order chi connectivity index (χ0) is 20.1. The van der Waals surface area contributed by atoms with Crippen molar-refractivity contribution in [3.8, 4) is 0 Å². The maximum absolute atomic E-state index is 13.3. The number of hydrogen-bond donors (Lipinski definition) is 0. The van der Waals surface area contributed by atoms with Crippen molar-refractivity contribution in [3.05, 3.63) is 63.9 Å². The van der Waals surface area contributed by atoms with Gasteiger partial charge in [-0.3, -0.25) is 4.99 Å². The maximum atomic E-state index is 13.3. The summed E-state index contributed by atoms with van der Waals surface area (Å²) in [5, 5.41) is 1.17. The third-order valence-electron chi connectivity index (χ3n) is 5.10. The highest BCUT2D eigenvalue weighted by Gasteiger charge is 2.47. The summed E-state index contributed by atoms with van der Waals surface area (Å²) in [4.78, 5) is 6.81. The summed E-state index contributed by atoms with van der Waals surface area (Å²) >= 11 is 7.67. The summed E-state index contributed by atoms with van der Waals surface area (Å²) in [7, 11) is -3.09. The first-order valence-corrected chi connectivity index (χ1v) is 12.1. The van der Waals surface area contributed by atoms with Crippen LogP contribution in [0.15, 0.2) is 41.4 Å². The van der Waals surface area contributed by atoms with Gasteiger partial charge in [0.25, 0.3) is 0 Å². The van der Waals surface area contributed by atoms with Crippen LogP contribution in [0, 0.1) is 19.7 Å². The van der Waals surface area contributed by atoms with Gasteiger partial charge in [0.2, 0.25) is 0 Å². The molecule has 2 heterocycles. The molecule has 2 aromatic rings. The molecule has 4 nitrogen and oxygen atoms in total. The number of amidine groups is 1. The Morgan fingerprint density at radius 2 is 2.00 bits per heavy atom. The van der Waals surface area contributed by atoms with Gasteiger partial charge in [-0.05, 0) is 48.7 Å². The number of hydrogen-bond acceptors (Lipinski definition) is 5. The molecule has 0 aliphatic carbocycles. The Kier molecular flexibility index (Phi) is 5.18. The van der Waals surface area contributed by atoms with Gasteiger partial charge in [-0.1, -0.05) is 41.6 Å². The molecule has 0 radical (unpaired) electrons. The number of rotatable bonds is 3. The molecule has 0 N–H and O–H groups in total. The standard InChI is InChI=1S/C20H20ClFN2O2S2/c1-12-3-4-13(2)18(7-12)24-19-11-28(25,26)10-17(19)23-20(24)27-9-14-5-6-15(22)8-16(14)21/h3-8,17,19H,9-11H2,1-2H3/t17-,19-/m0/s1. The van der Waals surface area contributed by atoms with Crippen LogP contribution in [0.25, 0.3) is 0 Å². The third kappa shape index (κ3) is 3.80. The lowest BCUT2D eigenvalue weighted by atomic mass is 10.1. The molecule has 2 aliphatic heterocycles. The summed E-state index contributed by atoms with van der Waals surface area (Å²) in [6, 6.07) is 10.1. The van der Waals surface area contributed by atoms with E-state index in [4.69, 9.17) is 16.6 Å². The number of halogens is 2. The second-order valence-corrected chi connectivity index (χ2v) is 10.8. The smallest absolute Gasteiger partial charge is 0.164 e. The Morgan fingerprint density at radius 1 is 1.21 bits per heavy atom. The van der Waals surface area contributed by atoms with Crippen molar-refractivity contribution in [1.29, 1.82) is 0 Å². The van der Waals surface area contributed by atoms with E-state index < -0.39 is 9.84 Å². The van der Waals surface area contributed by atoms with Crippen LogP contribution in [0.4, 0.5) is 10.1 Å². The summed E-state index contributed by atoms with van der Waals surface area (Å²) in [6.07, 6.45) is 0. The average molecular weight is 439 g/mol. The molecule has 1 saturated heterocycles. The number of aryl methyl sites for hydroxylation is 2.